The standard InChI is InChI=1S/C31H33N3O2/c1-29(2)30(3)19-20-31(29,27(35)26(30)33-32-25-17-11-6-12-18-25)28(36)34(21-23-13-7-4-8-14-23)22-24-15-9-5-10-16-24/h4-18,32H,19-22H2,1-3H3/b33-26+. The molecule has 2 atom stereocenters. The van der Waals surface area contributed by atoms with E-state index in [4.69, 9.17) is 0 Å². The number of benzene rings is 3. The number of fused-ring (bicyclic) bond motifs is 2. The van der Waals surface area contributed by atoms with E-state index < -0.39 is 16.2 Å². The molecule has 0 spiro atoms. The third-order valence-electron chi connectivity index (χ3n) is 8.73. The predicted molar refractivity (Wildman–Crippen MR) is 143 cm³/mol. The summed E-state index contributed by atoms with van der Waals surface area (Å²) in [4.78, 5) is 30.6. The second kappa shape index (κ2) is 9.05. The first-order chi connectivity index (χ1) is 17.3. The largest absolute Gasteiger partial charge is 0.333 e. The van der Waals surface area contributed by atoms with Crippen molar-refractivity contribution in [1.82, 2.24) is 4.90 Å². The third kappa shape index (κ3) is 3.65. The molecule has 5 rings (SSSR count). The lowest BCUT2D eigenvalue weighted by atomic mass is 9.64. The van der Waals surface area contributed by atoms with Crippen molar-refractivity contribution in [1.29, 1.82) is 0 Å². The molecular weight excluding hydrogens is 446 g/mol. The molecule has 0 saturated heterocycles. The molecule has 2 unspecified atom stereocenters. The van der Waals surface area contributed by atoms with Gasteiger partial charge >= 0.3 is 0 Å². The van der Waals surface area contributed by atoms with Crippen LogP contribution >= 0.6 is 0 Å². The van der Waals surface area contributed by atoms with Crippen LogP contribution < -0.4 is 5.43 Å². The fourth-order valence-electron chi connectivity index (χ4n) is 6.15. The number of Topliss-reactive ketones (excluding diaryl/α,β-unsaturated/α-hetero) is 1. The number of carbonyl (C=O) groups excluding carboxylic acids is 2. The molecule has 1 N–H and O–H groups in total. The van der Waals surface area contributed by atoms with Gasteiger partial charge in [0.1, 0.15) is 11.1 Å². The maximum absolute atomic E-state index is 14.6. The van der Waals surface area contributed by atoms with Crippen molar-refractivity contribution in [2.45, 2.75) is 46.7 Å². The molecule has 2 aliphatic rings. The third-order valence-corrected chi connectivity index (χ3v) is 8.73. The molecule has 184 valence electrons. The Morgan fingerprint density at radius 2 is 1.31 bits per heavy atom. The minimum Gasteiger partial charge on any atom is -0.333 e. The molecule has 2 bridgehead atoms. The highest BCUT2D eigenvalue weighted by molar-refractivity contribution is 6.50. The molecule has 2 fully saturated rings. The second-order valence-corrected chi connectivity index (χ2v) is 10.8. The van der Waals surface area contributed by atoms with Gasteiger partial charge in [-0.3, -0.25) is 15.0 Å². The van der Waals surface area contributed by atoms with Crippen LogP contribution in [0.4, 0.5) is 5.69 Å². The van der Waals surface area contributed by atoms with Gasteiger partial charge in [0.2, 0.25) is 5.91 Å². The van der Waals surface area contributed by atoms with Crippen molar-refractivity contribution < 1.29 is 9.59 Å². The molecule has 1 amide bonds. The number of para-hydroxylation sites is 1. The molecule has 3 aromatic carbocycles. The maximum Gasteiger partial charge on any atom is 0.237 e. The van der Waals surface area contributed by atoms with E-state index in [0.29, 0.717) is 25.2 Å². The minimum absolute atomic E-state index is 0.0983. The summed E-state index contributed by atoms with van der Waals surface area (Å²) in [6.45, 7) is 7.14. The summed E-state index contributed by atoms with van der Waals surface area (Å²) in [5.74, 6) is -0.236. The molecular formula is C31H33N3O2. The van der Waals surface area contributed by atoms with Crippen LogP contribution in [-0.4, -0.2) is 22.3 Å². The van der Waals surface area contributed by atoms with Crippen LogP contribution in [0, 0.1) is 16.2 Å². The summed E-state index contributed by atoms with van der Waals surface area (Å²) in [5, 5.41) is 4.63. The van der Waals surface area contributed by atoms with Gasteiger partial charge in [0.15, 0.2) is 5.78 Å². The number of carbonyl (C=O) groups is 2. The topological polar surface area (TPSA) is 61.8 Å². The van der Waals surface area contributed by atoms with Crippen LogP contribution in [0.2, 0.25) is 0 Å². The molecule has 3 aromatic rings. The molecule has 0 radical (unpaired) electrons. The van der Waals surface area contributed by atoms with Crippen LogP contribution in [0.25, 0.3) is 0 Å². The number of nitrogens with one attached hydrogen (secondary N) is 1. The summed E-state index contributed by atoms with van der Waals surface area (Å²) in [5.41, 5.74) is 4.26. The number of hydrogen-bond acceptors (Lipinski definition) is 4. The van der Waals surface area contributed by atoms with Gasteiger partial charge in [-0.05, 0) is 41.5 Å². The van der Waals surface area contributed by atoms with E-state index in [1.165, 1.54) is 0 Å². The minimum atomic E-state index is -1.14. The number of hydrazone groups is 1. The molecule has 2 saturated carbocycles. The average Bonchev–Trinajstić information content (AvgIpc) is 3.18. The molecule has 0 aromatic heterocycles. The lowest BCUT2D eigenvalue weighted by molar-refractivity contribution is -0.154. The van der Waals surface area contributed by atoms with E-state index in [9.17, 15) is 9.59 Å². The van der Waals surface area contributed by atoms with Crippen molar-refractivity contribution in [2.75, 3.05) is 5.43 Å². The highest BCUT2D eigenvalue weighted by Gasteiger charge is 2.77. The monoisotopic (exact) mass is 479 g/mol. The molecule has 5 nitrogen and oxygen atoms in total. The lowest BCUT2D eigenvalue weighted by Crippen LogP contribution is -2.51. The Morgan fingerprint density at radius 3 is 1.83 bits per heavy atom. The number of anilines is 1. The number of nitrogens with zero attached hydrogens (tertiary/aromatic N) is 2. The maximum atomic E-state index is 14.6. The summed E-state index contributed by atoms with van der Waals surface area (Å²) >= 11 is 0. The van der Waals surface area contributed by atoms with Gasteiger partial charge in [-0.1, -0.05) is 99.6 Å². The smallest absolute Gasteiger partial charge is 0.237 e. The molecule has 0 aliphatic heterocycles. The molecule has 5 heteroatoms. The number of ketones is 1. The Labute approximate surface area is 213 Å². The van der Waals surface area contributed by atoms with Crippen LogP contribution in [0.15, 0.2) is 96.1 Å². The van der Waals surface area contributed by atoms with E-state index in [1.54, 1.807) is 0 Å². The first kappa shape index (κ1) is 24.0. The number of rotatable bonds is 7. The Hall–Kier alpha value is -3.73. The van der Waals surface area contributed by atoms with Gasteiger partial charge in [0.05, 0.1) is 5.69 Å². The Bertz CT molecular complexity index is 1250. The van der Waals surface area contributed by atoms with Crippen LogP contribution in [0.3, 0.4) is 0 Å². The number of hydrogen-bond donors (Lipinski definition) is 1. The Balaban J connectivity index is 1.53. The van der Waals surface area contributed by atoms with E-state index in [1.807, 2.05) is 95.9 Å². The zero-order valence-corrected chi connectivity index (χ0v) is 21.2. The van der Waals surface area contributed by atoms with Crippen molar-refractivity contribution in [3.8, 4) is 0 Å². The zero-order chi connectivity index (χ0) is 25.4. The van der Waals surface area contributed by atoms with Gasteiger partial charge in [0, 0.05) is 18.5 Å². The Morgan fingerprint density at radius 1 is 0.806 bits per heavy atom. The summed E-state index contributed by atoms with van der Waals surface area (Å²) in [6.07, 6.45) is 1.29. The van der Waals surface area contributed by atoms with E-state index >= 15 is 0 Å². The molecule has 0 heterocycles. The fraction of sp³-hybridized carbons (Fsp3) is 0.323. The predicted octanol–water partition coefficient (Wildman–Crippen LogP) is 6.08. The van der Waals surface area contributed by atoms with Crippen LogP contribution in [0.5, 0.6) is 0 Å². The van der Waals surface area contributed by atoms with Gasteiger partial charge in [-0.2, -0.15) is 5.10 Å². The van der Waals surface area contributed by atoms with Gasteiger partial charge in [0.25, 0.3) is 0 Å². The highest BCUT2D eigenvalue weighted by atomic mass is 16.2. The zero-order valence-electron chi connectivity index (χ0n) is 21.2. The molecule has 36 heavy (non-hydrogen) atoms. The molecule has 2 aliphatic carbocycles. The summed E-state index contributed by atoms with van der Waals surface area (Å²) in [7, 11) is 0. The van der Waals surface area contributed by atoms with Crippen LogP contribution in [-0.2, 0) is 22.7 Å². The van der Waals surface area contributed by atoms with E-state index in [2.05, 4.69) is 31.3 Å². The van der Waals surface area contributed by atoms with Gasteiger partial charge in [-0.15, -0.1) is 0 Å². The van der Waals surface area contributed by atoms with Crippen molar-refractivity contribution >= 4 is 23.1 Å². The van der Waals surface area contributed by atoms with Crippen molar-refractivity contribution in [2.24, 2.45) is 21.3 Å². The quantitative estimate of drug-likeness (QED) is 0.330. The van der Waals surface area contributed by atoms with Gasteiger partial charge in [-0.25, -0.2) is 0 Å². The summed E-state index contributed by atoms with van der Waals surface area (Å²) in [6, 6.07) is 29.6. The second-order valence-electron chi connectivity index (χ2n) is 10.8. The van der Waals surface area contributed by atoms with Crippen molar-refractivity contribution in [3.05, 3.63) is 102 Å². The Kier molecular flexibility index (Phi) is 6.03. The fourth-order valence-corrected chi connectivity index (χ4v) is 6.15. The number of amides is 1. The average molecular weight is 480 g/mol. The van der Waals surface area contributed by atoms with Crippen molar-refractivity contribution in [3.63, 3.8) is 0 Å². The first-order valence-corrected chi connectivity index (χ1v) is 12.6. The normalized spacial score (nSPS) is 25.2. The lowest BCUT2D eigenvalue weighted by Gasteiger charge is -2.40. The van der Waals surface area contributed by atoms with E-state index in [0.717, 1.165) is 23.2 Å². The first-order valence-electron chi connectivity index (χ1n) is 12.6. The van der Waals surface area contributed by atoms with E-state index in [-0.39, 0.29) is 11.7 Å². The summed E-state index contributed by atoms with van der Waals surface area (Å²) < 4.78 is 0. The van der Waals surface area contributed by atoms with Gasteiger partial charge < -0.3 is 4.90 Å². The highest BCUT2D eigenvalue weighted by Crippen LogP contribution is 2.69. The SMILES string of the molecule is CC12CCC(C(=O)N(Cc3ccccc3)Cc3ccccc3)(C(=O)/C1=N\Nc1ccccc1)C2(C)C. The van der Waals surface area contributed by atoms with Crippen LogP contribution in [0.1, 0.15) is 44.7 Å².